The van der Waals surface area contributed by atoms with Gasteiger partial charge < -0.3 is 15.8 Å². The number of thiophene rings is 1. The third-order valence-electron chi connectivity index (χ3n) is 2.85. The monoisotopic (exact) mass is 304 g/mol. The van der Waals surface area contributed by atoms with Gasteiger partial charge >= 0.3 is 0 Å². The van der Waals surface area contributed by atoms with Crippen LogP contribution in [-0.4, -0.2) is 12.5 Å². The highest BCUT2D eigenvalue weighted by atomic mass is 32.1. The summed E-state index contributed by atoms with van der Waals surface area (Å²) < 4.78 is 5.72. The van der Waals surface area contributed by atoms with Crippen LogP contribution in [0.1, 0.15) is 24.8 Å². The molecule has 1 aromatic carbocycles. The Labute approximate surface area is 128 Å². The fraction of sp³-hybridized carbons (Fsp3) is 0.312. The molecule has 112 valence electrons. The topological polar surface area (TPSA) is 64.3 Å². The van der Waals surface area contributed by atoms with Crippen molar-refractivity contribution >= 4 is 22.9 Å². The molecule has 1 atom stereocenters. The summed E-state index contributed by atoms with van der Waals surface area (Å²) in [5.41, 5.74) is 6.61. The van der Waals surface area contributed by atoms with Gasteiger partial charge in [-0.2, -0.15) is 0 Å². The zero-order chi connectivity index (χ0) is 15.2. The van der Waals surface area contributed by atoms with E-state index < -0.39 is 6.04 Å². The lowest BCUT2D eigenvalue weighted by atomic mass is 10.2. The van der Waals surface area contributed by atoms with E-state index in [1.165, 1.54) is 11.3 Å². The van der Waals surface area contributed by atoms with Gasteiger partial charge in [0.2, 0.25) is 5.91 Å². The second-order valence-electron chi connectivity index (χ2n) is 5.18. The predicted octanol–water partition coefficient (Wildman–Crippen LogP) is 3.42. The Kier molecular flexibility index (Phi) is 5.36. The molecule has 1 unspecified atom stereocenters. The third-order valence-corrected chi connectivity index (χ3v) is 3.80. The lowest BCUT2D eigenvalue weighted by Gasteiger charge is -2.15. The summed E-state index contributed by atoms with van der Waals surface area (Å²) in [5.74, 6) is 0.845. The van der Waals surface area contributed by atoms with E-state index in [1.807, 2.05) is 41.8 Å². The summed E-state index contributed by atoms with van der Waals surface area (Å²) in [6.45, 7) is 4.76. The minimum Gasteiger partial charge on any atom is -0.491 e. The standard InChI is InChI=1S/C16H20N2O2S/c1-11(2)10-20-13-7-4-3-6-12(13)18-16(19)15(17)14-8-5-9-21-14/h3-9,11,15H,10,17H2,1-2H3,(H,18,19). The summed E-state index contributed by atoms with van der Waals surface area (Å²) in [6.07, 6.45) is 0. The van der Waals surface area contributed by atoms with Crippen LogP contribution >= 0.6 is 11.3 Å². The van der Waals surface area contributed by atoms with Gasteiger partial charge in [-0.1, -0.05) is 32.0 Å². The largest absolute Gasteiger partial charge is 0.491 e. The molecule has 21 heavy (non-hydrogen) atoms. The number of ether oxygens (including phenoxy) is 1. The molecule has 5 heteroatoms. The molecule has 1 aromatic heterocycles. The Hall–Kier alpha value is -1.85. The lowest BCUT2D eigenvalue weighted by Crippen LogP contribution is -2.27. The second kappa shape index (κ2) is 7.24. The number of nitrogens with two attached hydrogens (primary N) is 1. The highest BCUT2D eigenvalue weighted by Crippen LogP contribution is 2.26. The van der Waals surface area contributed by atoms with Gasteiger partial charge in [0.25, 0.3) is 0 Å². The van der Waals surface area contributed by atoms with Crippen molar-refractivity contribution in [1.82, 2.24) is 0 Å². The number of benzene rings is 1. The molecule has 3 N–H and O–H groups in total. The van der Waals surface area contributed by atoms with Crippen molar-refractivity contribution in [2.45, 2.75) is 19.9 Å². The number of amides is 1. The van der Waals surface area contributed by atoms with Gasteiger partial charge in [-0.15, -0.1) is 11.3 Å². The number of carbonyl (C=O) groups is 1. The van der Waals surface area contributed by atoms with Crippen LogP contribution in [0.3, 0.4) is 0 Å². The van der Waals surface area contributed by atoms with Gasteiger partial charge in [0.15, 0.2) is 0 Å². The molecular formula is C16H20N2O2S. The first-order valence-electron chi connectivity index (χ1n) is 6.89. The van der Waals surface area contributed by atoms with Gasteiger partial charge in [-0.05, 0) is 29.5 Å². The van der Waals surface area contributed by atoms with Gasteiger partial charge in [0.1, 0.15) is 11.8 Å². The first kappa shape index (κ1) is 15.5. The number of rotatable bonds is 6. The molecule has 1 heterocycles. The Morgan fingerprint density at radius 3 is 2.71 bits per heavy atom. The van der Waals surface area contributed by atoms with Gasteiger partial charge in [0.05, 0.1) is 12.3 Å². The van der Waals surface area contributed by atoms with Gasteiger partial charge in [0, 0.05) is 4.88 Å². The molecular weight excluding hydrogens is 284 g/mol. The van der Waals surface area contributed by atoms with Crippen LogP contribution in [0.15, 0.2) is 41.8 Å². The summed E-state index contributed by atoms with van der Waals surface area (Å²) in [4.78, 5) is 13.1. The van der Waals surface area contributed by atoms with Crippen LogP contribution in [-0.2, 0) is 4.79 Å². The van der Waals surface area contributed by atoms with E-state index in [-0.39, 0.29) is 5.91 Å². The highest BCUT2D eigenvalue weighted by molar-refractivity contribution is 7.10. The molecule has 0 fully saturated rings. The lowest BCUT2D eigenvalue weighted by molar-refractivity contribution is -0.117. The van der Waals surface area contributed by atoms with E-state index in [4.69, 9.17) is 10.5 Å². The van der Waals surface area contributed by atoms with Gasteiger partial charge in [-0.3, -0.25) is 4.79 Å². The van der Waals surface area contributed by atoms with Crippen molar-refractivity contribution in [3.05, 3.63) is 46.7 Å². The number of carbonyl (C=O) groups excluding carboxylic acids is 1. The minimum absolute atomic E-state index is 0.238. The summed E-state index contributed by atoms with van der Waals surface area (Å²) in [6, 6.07) is 10.5. The molecule has 0 bridgehead atoms. The van der Waals surface area contributed by atoms with Crippen molar-refractivity contribution < 1.29 is 9.53 Å². The maximum absolute atomic E-state index is 12.2. The Morgan fingerprint density at radius 1 is 1.29 bits per heavy atom. The quantitative estimate of drug-likeness (QED) is 0.859. The van der Waals surface area contributed by atoms with E-state index >= 15 is 0 Å². The molecule has 2 rings (SSSR count). The van der Waals surface area contributed by atoms with Gasteiger partial charge in [-0.25, -0.2) is 0 Å². The van der Waals surface area contributed by atoms with Crippen molar-refractivity contribution in [1.29, 1.82) is 0 Å². The number of para-hydroxylation sites is 2. The molecule has 0 spiro atoms. The molecule has 2 aromatic rings. The maximum Gasteiger partial charge on any atom is 0.246 e. The normalized spacial score (nSPS) is 12.2. The van der Waals surface area contributed by atoms with E-state index in [9.17, 15) is 4.79 Å². The van der Waals surface area contributed by atoms with Crippen LogP contribution in [0.5, 0.6) is 5.75 Å². The van der Waals surface area contributed by atoms with Crippen LogP contribution in [0.25, 0.3) is 0 Å². The van der Waals surface area contributed by atoms with Crippen LogP contribution < -0.4 is 15.8 Å². The summed E-state index contributed by atoms with van der Waals surface area (Å²) in [7, 11) is 0. The number of hydrogen-bond acceptors (Lipinski definition) is 4. The van der Waals surface area contributed by atoms with Crippen LogP contribution in [0.2, 0.25) is 0 Å². The molecule has 0 aliphatic carbocycles. The summed E-state index contributed by atoms with van der Waals surface area (Å²) in [5, 5.41) is 4.74. The van der Waals surface area contributed by atoms with E-state index in [2.05, 4.69) is 19.2 Å². The summed E-state index contributed by atoms with van der Waals surface area (Å²) >= 11 is 1.47. The molecule has 0 saturated heterocycles. The van der Waals surface area contributed by atoms with Crippen molar-refractivity contribution in [2.24, 2.45) is 11.7 Å². The molecule has 4 nitrogen and oxygen atoms in total. The fourth-order valence-electron chi connectivity index (χ4n) is 1.76. The number of nitrogens with one attached hydrogen (secondary N) is 1. The van der Waals surface area contributed by atoms with Crippen LogP contribution in [0.4, 0.5) is 5.69 Å². The zero-order valence-electron chi connectivity index (χ0n) is 12.2. The van der Waals surface area contributed by atoms with Crippen molar-refractivity contribution in [3.8, 4) is 5.75 Å². The predicted molar refractivity (Wildman–Crippen MR) is 86.7 cm³/mol. The molecule has 1 amide bonds. The maximum atomic E-state index is 12.2. The zero-order valence-corrected chi connectivity index (χ0v) is 13.0. The minimum atomic E-state index is -0.664. The van der Waals surface area contributed by atoms with E-state index in [0.717, 1.165) is 4.88 Å². The number of anilines is 1. The number of hydrogen-bond donors (Lipinski definition) is 2. The smallest absolute Gasteiger partial charge is 0.246 e. The Morgan fingerprint density at radius 2 is 2.05 bits per heavy atom. The molecule has 0 radical (unpaired) electrons. The Balaban J connectivity index is 2.06. The first-order chi connectivity index (χ1) is 10.1. The first-order valence-corrected chi connectivity index (χ1v) is 7.77. The molecule has 0 saturated carbocycles. The van der Waals surface area contributed by atoms with E-state index in [1.54, 1.807) is 0 Å². The van der Waals surface area contributed by atoms with Crippen molar-refractivity contribution in [3.63, 3.8) is 0 Å². The average Bonchev–Trinajstić information content (AvgIpc) is 2.99. The molecule has 0 aliphatic heterocycles. The average molecular weight is 304 g/mol. The fourth-order valence-corrected chi connectivity index (χ4v) is 2.49. The Bertz CT molecular complexity index is 582. The second-order valence-corrected chi connectivity index (χ2v) is 6.16. The van der Waals surface area contributed by atoms with Crippen molar-refractivity contribution in [2.75, 3.05) is 11.9 Å². The van der Waals surface area contributed by atoms with Crippen LogP contribution in [0, 0.1) is 5.92 Å². The third kappa shape index (κ3) is 4.31. The SMILES string of the molecule is CC(C)COc1ccccc1NC(=O)C(N)c1cccs1. The van der Waals surface area contributed by atoms with E-state index in [0.29, 0.717) is 24.0 Å². The molecule has 0 aliphatic rings. The highest BCUT2D eigenvalue weighted by Gasteiger charge is 2.18.